The van der Waals surface area contributed by atoms with Gasteiger partial charge in [0.25, 0.3) is 0 Å². The summed E-state index contributed by atoms with van der Waals surface area (Å²) in [7, 11) is 0. The lowest BCUT2D eigenvalue weighted by Gasteiger charge is -2.13. The minimum atomic E-state index is 0.117. The molecule has 20 heavy (non-hydrogen) atoms. The van der Waals surface area contributed by atoms with Gasteiger partial charge in [0.2, 0.25) is 0 Å². The maximum atomic E-state index is 5.53. The van der Waals surface area contributed by atoms with Crippen LogP contribution in [0.15, 0.2) is 12.7 Å². The first-order valence-electron chi connectivity index (χ1n) is 7.64. The van der Waals surface area contributed by atoms with Crippen molar-refractivity contribution in [3.63, 3.8) is 0 Å². The van der Waals surface area contributed by atoms with Crippen LogP contribution in [0.5, 0.6) is 0 Å². The van der Waals surface area contributed by atoms with Crippen LogP contribution in [0.2, 0.25) is 0 Å². The van der Waals surface area contributed by atoms with Crippen molar-refractivity contribution in [1.82, 2.24) is 0 Å². The molecule has 0 saturated carbocycles. The maximum Gasteiger partial charge on any atom is 0.0781 e. The fraction of sp³-hybridized carbons (Fsp3) is 0.875. The Morgan fingerprint density at radius 3 is 1.80 bits per heavy atom. The van der Waals surface area contributed by atoms with Crippen molar-refractivity contribution in [1.29, 1.82) is 0 Å². The van der Waals surface area contributed by atoms with E-state index in [1.165, 1.54) is 0 Å². The zero-order chi connectivity index (χ0) is 15.5. The van der Waals surface area contributed by atoms with Gasteiger partial charge in [0.05, 0.1) is 39.1 Å². The molecule has 0 bridgehead atoms. The lowest BCUT2D eigenvalue weighted by Crippen LogP contribution is -2.20. The Labute approximate surface area is 125 Å². The topological polar surface area (TPSA) is 36.9 Å². The van der Waals surface area contributed by atoms with Crippen molar-refractivity contribution in [2.75, 3.05) is 46.2 Å². The van der Waals surface area contributed by atoms with E-state index < -0.39 is 0 Å². The number of allylic oxidation sites excluding steroid dienone is 1. The molecule has 0 aliphatic rings. The molecule has 0 saturated heterocycles. The van der Waals surface area contributed by atoms with Gasteiger partial charge in [-0.3, -0.25) is 0 Å². The van der Waals surface area contributed by atoms with Gasteiger partial charge in [0.15, 0.2) is 0 Å². The van der Waals surface area contributed by atoms with Gasteiger partial charge in [0, 0.05) is 13.2 Å². The number of hydrogen-bond donors (Lipinski definition) is 0. The summed E-state index contributed by atoms with van der Waals surface area (Å²) < 4.78 is 21.6. The van der Waals surface area contributed by atoms with Gasteiger partial charge in [0.1, 0.15) is 0 Å². The standard InChI is InChI=1S/C13H28O4.C3H6/c1-4-6-14-8-9-16-12-13(3)17-11-10-15-7-5-2;1-3-2/h13H,4-12H2,1-3H3;3H,1H2,2H3. The largest absolute Gasteiger partial charge is 0.379 e. The summed E-state index contributed by atoms with van der Waals surface area (Å²) in [4.78, 5) is 0. The van der Waals surface area contributed by atoms with Crippen LogP contribution in [-0.2, 0) is 18.9 Å². The molecule has 0 aromatic carbocycles. The third-order valence-electron chi connectivity index (χ3n) is 2.05. The summed E-state index contributed by atoms with van der Waals surface area (Å²) in [6.07, 6.45) is 3.97. The summed E-state index contributed by atoms with van der Waals surface area (Å²) in [5.41, 5.74) is 0. The highest BCUT2D eigenvalue weighted by Crippen LogP contribution is 1.93. The van der Waals surface area contributed by atoms with E-state index in [9.17, 15) is 0 Å². The van der Waals surface area contributed by atoms with Gasteiger partial charge in [-0.15, -0.1) is 6.58 Å². The Morgan fingerprint density at radius 2 is 1.30 bits per heavy atom. The number of ether oxygens (including phenoxy) is 4. The minimum Gasteiger partial charge on any atom is -0.379 e. The molecule has 0 aliphatic heterocycles. The maximum absolute atomic E-state index is 5.53. The fourth-order valence-electron chi connectivity index (χ4n) is 1.22. The molecule has 0 fully saturated rings. The van der Waals surface area contributed by atoms with Crippen LogP contribution in [0.25, 0.3) is 0 Å². The highest BCUT2D eigenvalue weighted by atomic mass is 16.6. The summed E-state index contributed by atoms with van der Waals surface area (Å²) in [6, 6.07) is 0. The van der Waals surface area contributed by atoms with Gasteiger partial charge in [-0.25, -0.2) is 0 Å². The zero-order valence-corrected chi connectivity index (χ0v) is 13.9. The highest BCUT2D eigenvalue weighted by Gasteiger charge is 2.01. The average Bonchev–Trinajstić information content (AvgIpc) is 2.43. The van der Waals surface area contributed by atoms with Crippen molar-refractivity contribution in [3.8, 4) is 0 Å². The Hall–Kier alpha value is -0.420. The van der Waals surface area contributed by atoms with Gasteiger partial charge >= 0.3 is 0 Å². The van der Waals surface area contributed by atoms with Crippen molar-refractivity contribution in [2.24, 2.45) is 0 Å². The van der Waals surface area contributed by atoms with E-state index in [1.807, 2.05) is 13.8 Å². The van der Waals surface area contributed by atoms with E-state index in [2.05, 4.69) is 20.4 Å². The second-order valence-electron chi connectivity index (χ2n) is 4.39. The van der Waals surface area contributed by atoms with E-state index in [-0.39, 0.29) is 6.10 Å². The smallest absolute Gasteiger partial charge is 0.0781 e. The second-order valence-corrected chi connectivity index (χ2v) is 4.39. The molecule has 4 heteroatoms. The summed E-state index contributed by atoms with van der Waals surface area (Å²) in [5.74, 6) is 0. The normalized spacial score (nSPS) is 11.6. The van der Waals surface area contributed by atoms with Crippen molar-refractivity contribution < 1.29 is 18.9 Å². The molecule has 0 heterocycles. The third kappa shape index (κ3) is 22.7. The van der Waals surface area contributed by atoms with Crippen molar-refractivity contribution in [2.45, 2.75) is 46.6 Å². The monoisotopic (exact) mass is 290 g/mol. The summed E-state index contributed by atoms with van der Waals surface area (Å²) in [6.45, 7) is 16.3. The quantitative estimate of drug-likeness (QED) is 0.384. The Morgan fingerprint density at radius 1 is 0.850 bits per heavy atom. The third-order valence-corrected chi connectivity index (χ3v) is 2.05. The lowest BCUT2D eigenvalue weighted by atomic mass is 10.4. The average molecular weight is 290 g/mol. The van der Waals surface area contributed by atoms with E-state index in [4.69, 9.17) is 18.9 Å². The van der Waals surface area contributed by atoms with Gasteiger partial charge in [-0.1, -0.05) is 19.9 Å². The van der Waals surface area contributed by atoms with Crippen molar-refractivity contribution >= 4 is 0 Å². The summed E-state index contributed by atoms with van der Waals surface area (Å²) >= 11 is 0. The van der Waals surface area contributed by atoms with Gasteiger partial charge < -0.3 is 18.9 Å². The van der Waals surface area contributed by atoms with E-state index in [0.29, 0.717) is 33.0 Å². The summed E-state index contributed by atoms with van der Waals surface area (Å²) in [5, 5.41) is 0. The molecule has 0 rings (SSSR count). The van der Waals surface area contributed by atoms with Crippen LogP contribution in [0.3, 0.4) is 0 Å². The molecular formula is C16H34O4. The van der Waals surface area contributed by atoms with E-state index >= 15 is 0 Å². The first-order valence-corrected chi connectivity index (χ1v) is 7.64. The highest BCUT2D eigenvalue weighted by molar-refractivity contribution is 4.51. The minimum absolute atomic E-state index is 0.117. The SMILES string of the molecule is C=CC.CCCOCCOCC(C)OCCOCCC. The Bertz CT molecular complexity index is 174. The fourth-order valence-corrected chi connectivity index (χ4v) is 1.22. The first kappa shape index (κ1) is 21.9. The first-order chi connectivity index (χ1) is 9.72. The van der Waals surface area contributed by atoms with Crippen LogP contribution in [0.1, 0.15) is 40.5 Å². The zero-order valence-electron chi connectivity index (χ0n) is 13.9. The molecule has 1 atom stereocenters. The predicted molar refractivity (Wildman–Crippen MR) is 84.3 cm³/mol. The number of rotatable bonds is 13. The molecule has 0 aromatic heterocycles. The predicted octanol–water partition coefficient (Wildman–Crippen LogP) is 3.45. The molecule has 0 spiro atoms. The lowest BCUT2D eigenvalue weighted by molar-refractivity contribution is -0.0396. The Balaban J connectivity index is 0. The van der Waals surface area contributed by atoms with Crippen LogP contribution in [-0.4, -0.2) is 52.4 Å². The van der Waals surface area contributed by atoms with E-state index in [1.54, 1.807) is 6.08 Å². The van der Waals surface area contributed by atoms with E-state index in [0.717, 1.165) is 26.1 Å². The molecule has 1 unspecified atom stereocenters. The van der Waals surface area contributed by atoms with Crippen LogP contribution in [0, 0.1) is 0 Å². The molecule has 0 aliphatic carbocycles. The molecule has 0 N–H and O–H groups in total. The molecule has 0 amide bonds. The molecule has 0 aromatic rings. The van der Waals surface area contributed by atoms with Gasteiger partial charge in [-0.05, 0) is 26.7 Å². The van der Waals surface area contributed by atoms with Gasteiger partial charge in [-0.2, -0.15) is 0 Å². The second kappa shape index (κ2) is 20.9. The van der Waals surface area contributed by atoms with Crippen LogP contribution >= 0.6 is 0 Å². The molecule has 0 radical (unpaired) electrons. The molecular weight excluding hydrogens is 256 g/mol. The molecule has 4 nitrogen and oxygen atoms in total. The number of hydrogen-bond acceptors (Lipinski definition) is 4. The molecule has 122 valence electrons. The Kier molecular flexibility index (Phi) is 22.8. The van der Waals surface area contributed by atoms with Crippen LogP contribution in [0.4, 0.5) is 0 Å². The van der Waals surface area contributed by atoms with Crippen molar-refractivity contribution in [3.05, 3.63) is 12.7 Å². The van der Waals surface area contributed by atoms with Crippen LogP contribution < -0.4 is 0 Å².